The minimum absolute atomic E-state index is 0.321. The summed E-state index contributed by atoms with van der Waals surface area (Å²) in [6.45, 7) is 3.48. The van der Waals surface area contributed by atoms with Gasteiger partial charge in [-0.1, -0.05) is 12.2 Å². The van der Waals surface area contributed by atoms with Gasteiger partial charge in [0, 0.05) is 6.54 Å². The van der Waals surface area contributed by atoms with Crippen LogP contribution in [0.4, 0.5) is 0 Å². The Morgan fingerprint density at radius 3 is 3.00 bits per heavy atom. The molecule has 0 aromatic rings. The first-order chi connectivity index (χ1) is 3.79. The molecule has 1 rings (SSSR count). The maximum Gasteiger partial charge on any atom is 0.102 e. The van der Waals surface area contributed by atoms with Crippen molar-refractivity contribution in [1.29, 1.82) is 0 Å². The van der Waals surface area contributed by atoms with Crippen LogP contribution >= 0.6 is 12.2 Å². The normalized spacial score (nSPS) is 29.6. The van der Waals surface area contributed by atoms with Gasteiger partial charge in [0.25, 0.3) is 0 Å². The van der Waals surface area contributed by atoms with E-state index in [0.717, 1.165) is 11.5 Å². The van der Waals surface area contributed by atoms with Gasteiger partial charge in [0.1, 0.15) is 4.99 Å². The van der Waals surface area contributed by atoms with Crippen LogP contribution in [0.15, 0.2) is 0 Å². The highest BCUT2D eigenvalue weighted by Gasteiger charge is 2.09. The van der Waals surface area contributed by atoms with Gasteiger partial charge in [0.05, 0.1) is 12.7 Å². The zero-order chi connectivity index (χ0) is 5.98. The lowest BCUT2D eigenvalue weighted by molar-refractivity contribution is 0.0846. The molecule has 1 heterocycles. The van der Waals surface area contributed by atoms with E-state index in [0.29, 0.717) is 12.7 Å². The third-order valence-electron chi connectivity index (χ3n) is 1.09. The predicted octanol–water partition coefficient (Wildman–Crippen LogP) is 0.322. The Labute approximate surface area is 54.2 Å². The van der Waals surface area contributed by atoms with Crippen molar-refractivity contribution in [3.05, 3.63) is 0 Å². The molecule has 1 aliphatic rings. The van der Waals surface area contributed by atoms with E-state index in [1.54, 1.807) is 0 Å². The van der Waals surface area contributed by atoms with Crippen LogP contribution in [0.5, 0.6) is 0 Å². The quantitative estimate of drug-likeness (QED) is 0.478. The summed E-state index contributed by atoms with van der Waals surface area (Å²) in [4.78, 5) is 0.822. The van der Waals surface area contributed by atoms with Crippen LogP contribution in [0, 0.1) is 0 Å². The summed E-state index contributed by atoms with van der Waals surface area (Å²) in [5, 5.41) is 3.04. The van der Waals surface area contributed by atoms with Crippen LogP contribution in [0.3, 0.4) is 0 Å². The van der Waals surface area contributed by atoms with Crippen molar-refractivity contribution >= 4 is 17.2 Å². The molecule has 0 radical (unpaired) electrons. The molecule has 0 spiro atoms. The molecule has 3 heteroatoms. The molecule has 46 valence electrons. The van der Waals surface area contributed by atoms with Crippen LogP contribution in [0.1, 0.15) is 6.92 Å². The molecule has 1 atom stereocenters. The Kier molecular flexibility index (Phi) is 1.81. The molecule has 0 saturated carbocycles. The average Bonchev–Trinajstić information content (AvgIpc) is 1.77. The van der Waals surface area contributed by atoms with E-state index in [2.05, 4.69) is 5.32 Å². The van der Waals surface area contributed by atoms with Crippen LogP contribution in [0.25, 0.3) is 0 Å². The summed E-state index contributed by atoms with van der Waals surface area (Å²) in [6, 6.07) is 0. The number of morpholine rings is 1. The first-order valence-corrected chi connectivity index (χ1v) is 3.08. The highest BCUT2D eigenvalue weighted by atomic mass is 32.1. The summed E-state index contributed by atoms with van der Waals surface area (Å²) >= 11 is 4.82. The molecular formula is C5H9NOS. The number of hydrogen-bond acceptors (Lipinski definition) is 2. The van der Waals surface area contributed by atoms with Gasteiger partial charge in [0.15, 0.2) is 0 Å². The molecule has 0 aromatic carbocycles. The second-order valence-electron chi connectivity index (χ2n) is 1.93. The fraction of sp³-hybridized carbons (Fsp3) is 0.800. The highest BCUT2D eigenvalue weighted by molar-refractivity contribution is 7.80. The fourth-order valence-corrected chi connectivity index (χ4v) is 0.737. The smallest absolute Gasteiger partial charge is 0.102 e. The number of hydrogen-bond donors (Lipinski definition) is 1. The summed E-state index contributed by atoms with van der Waals surface area (Å²) in [6.07, 6.45) is 0.321. The van der Waals surface area contributed by atoms with Gasteiger partial charge in [-0.25, -0.2) is 0 Å². The van der Waals surface area contributed by atoms with Crippen molar-refractivity contribution in [1.82, 2.24) is 5.32 Å². The molecule has 1 N–H and O–H groups in total. The molecule has 0 bridgehead atoms. The zero-order valence-electron chi connectivity index (χ0n) is 4.81. The highest BCUT2D eigenvalue weighted by Crippen LogP contribution is 1.94. The summed E-state index contributed by atoms with van der Waals surface area (Å²) in [5.41, 5.74) is 0. The molecule has 1 aliphatic heterocycles. The lowest BCUT2D eigenvalue weighted by Gasteiger charge is -2.20. The largest absolute Gasteiger partial charge is 0.375 e. The first kappa shape index (κ1) is 5.98. The monoisotopic (exact) mass is 131 g/mol. The Hall–Kier alpha value is -0.150. The zero-order valence-corrected chi connectivity index (χ0v) is 5.62. The molecule has 0 aliphatic carbocycles. The van der Waals surface area contributed by atoms with Gasteiger partial charge in [0.2, 0.25) is 0 Å². The van der Waals surface area contributed by atoms with Gasteiger partial charge < -0.3 is 10.1 Å². The van der Waals surface area contributed by atoms with E-state index in [1.807, 2.05) is 6.92 Å². The number of thiocarbonyl (C=S) groups is 1. The Morgan fingerprint density at radius 1 is 1.88 bits per heavy atom. The Bertz CT molecular complexity index is 94.6. The summed E-state index contributed by atoms with van der Waals surface area (Å²) < 4.78 is 5.19. The number of rotatable bonds is 0. The van der Waals surface area contributed by atoms with Gasteiger partial charge in [-0.05, 0) is 6.92 Å². The van der Waals surface area contributed by atoms with Gasteiger partial charge in [-0.15, -0.1) is 0 Å². The topological polar surface area (TPSA) is 21.3 Å². The number of nitrogens with one attached hydrogen (secondary N) is 1. The molecule has 1 unspecified atom stereocenters. The van der Waals surface area contributed by atoms with E-state index in [-0.39, 0.29) is 0 Å². The number of ether oxygens (including phenoxy) is 1. The fourth-order valence-electron chi connectivity index (χ4n) is 0.585. The Balaban J connectivity index is 2.29. The molecule has 1 saturated heterocycles. The van der Waals surface area contributed by atoms with Crippen molar-refractivity contribution in [2.24, 2.45) is 0 Å². The minimum Gasteiger partial charge on any atom is -0.375 e. The standard InChI is InChI=1S/C5H9NOS/c1-4-2-6-5(8)3-7-4/h4H,2-3H2,1H3,(H,6,8). The maximum absolute atomic E-state index is 5.19. The predicted molar refractivity (Wildman–Crippen MR) is 36.0 cm³/mol. The van der Waals surface area contributed by atoms with Crippen LogP contribution in [-0.4, -0.2) is 24.2 Å². The van der Waals surface area contributed by atoms with Crippen molar-refractivity contribution in [3.8, 4) is 0 Å². The van der Waals surface area contributed by atoms with Crippen LogP contribution in [-0.2, 0) is 4.74 Å². The van der Waals surface area contributed by atoms with Crippen molar-refractivity contribution < 1.29 is 4.74 Å². The summed E-state index contributed by atoms with van der Waals surface area (Å²) in [5.74, 6) is 0. The minimum atomic E-state index is 0.321. The SMILES string of the molecule is CC1CNC(=S)CO1. The molecule has 0 amide bonds. The van der Waals surface area contributed by atoms with Gasteiger partial charge in [-0.3, -0.25) is 0 Å². The van der Waals surface area contributed by atoms with E-state index in [4.69, 9.17) is 17.0 Å². The Morgan fingerprint density at radius 2 is 2.62 bits per heavy atom. The molecule has 1 fully saturated rings. The second kappa shape index (κ2) is 2.42. The van der Waals surface area contributed by atoms with E-state index in [9.17, 15) is 0 Å². The molecular weight excluding hydrogens is 122 g/mol. The first-order valence-electron chi connectivity index (χ1n) is 2.67. The molecule has 8 heavy (non-hydrogen) atoms. The van der Waals surface area contributed by atoms with Crippen LogP contribution < -0.4 is 5.32 Å². The lowest BCUT2D eigenvalue weighted by Crippen LogP contribution is -2.40. The van der Waals surface area contributed by atoms with Gasteiger partial charge in [-0.2, -0.15) is 0 Å². The van der Waals surface area contributed by atoms with Gasteiger partial charge >= 0.3 is 0 Å². The second-order valence-corrected chi connectivity index (χ2v) is 2.42. The van der Waals surface area contributed by atoms with Crippen molar-refractivity contribution in [2.75, 3.05) is 13.2 Å². The third-order valence-corrected chi connectivity index (χ3v) is 1.35. The molecule has 2 nitrogen and oxygen atoms in total. The van der Waals surface area contributed by atoms with Crippen molar-refractivity contribution in [3.63, 3.8) is 0 Å². The van der Waals surface area contributed by atoms with E-state index >= 15 is 0 Å². The third kappa shape index (κ3) is 1.42. The average molecular weight is 131 g/mol. The summed E-state index contributed by atoms with van der Waals surface area (Å²) in [7, 11) is 0. The maximum atomic E-state index is 5.19. The van der Waals surface area contributed by atoms with Crippen molar-refractivity contribution in [2.45, 2.75) is 13.0 Å². The lowest BCUT2D eigenvalue weighted by atomic mass is 10.3. The van der Waals surface area contributed by atoms with E-state index in [1.165, 1.54) is 0 Å². The molecule has 0 aromatic heterocycles. The van der Waals surface area contributed by atoms with Crippen LogP contribution in [0.2, 0.25) is 0 Å². The van der Waals surface area contributed by atoms with E-state index < -0.39 is 0 Å².